The molecule has 0 unspecified atom stereocenters. The standard InChI is InChI=1S/C30H35F3N10O/c1-41(10-11-44)17-20-12-25(30(31,32)33)40-26(13-20)39-22-3-8-42(9-4-22)23-14-29(15-23,5-6-34)43-18-21(16-38-43)27-24-2-7-35-28(24)37-19-36-27/h2,7,12-13,16,18-19,22-23,44H,3-5,8-11,14-15,17H2,1H3,(H,39,40)(H,35,36,37). The number of nitriles is 1. The van der Waals surface area contributed by atoms with Crippen LogP contribution in [0.15, 0.2) is 43.1 Å². The molecule has 0 amide bonds. The van der Waals surface area contributed by atoms with Gasteiger partial charge in [0.05, 0.1) is 36.5 Å². The van der Waals surface area contributed by atoms with Gasteiger partial charge in [-0.1, -0.05) is 0 Å². The summed E-state index contributed by atoms with van der Waals surface area (Å²) in [6, 6.07) is 7.33. The van der Waals surface area contributed by atoms with Gasteiger partial charge in [0.25, 0.3) is 0 Å². The molecular weight excluding hydrogens is 573 g/mol. The van der Waals surface area contributed by atoms with Crippen molar-refractivity contribution in [3.05, 3.63) is 54.4 Å². The number of anilines is 1. The normalized spacial score (nSPS) is 21.4. The number of alkyl halides is 3. The van der Waals surface area contributed by atoms with Gasteiger partial charge < -0.3 is 20.3 Å². The highest BCUT2D eigenvalue weighted by molar-refractivity contribution is 5.90. The zero-order valence-corrected chi connectivity index (χ0v) is 24.4. The Kier molecular flexibility index (Phi) is 8.28. The van der Waals surface area contributed by atoms with Crippen LogP contribution in [0.3, 0.4) is 0 Å². The lowest BCUT2D eigenvalue weighted by molar-refractivity contribution is -0.141. The predicted octanol–water partition coefficient (Wildman–Crippen LogP) is 4.01. The van der Waals surface area contributed by atoms with E-state index < -0.39 is 17.4 Å². The van der Waals surface area contributed by atoms with E-state index in [1.165, 1.54) is 6.33 Å². The third-order valence-electron chi connectivity index (χ3n) is 8.84. The number of likely N-dealkylation sites (tertiary alicyclic amines) is 1. The Hall–Kier alpha value is -4.06. The lowest BCUT2D eigenvalue weighted by Crippen LogP contribution is -2.58. The summed E-state index contributed by atoms with van der Waals surface area (Å²) in [6.07, 6.45) is 6.03. The van der Waals surface area contributed by atoms with Crippen molar-refractivity contribution in [1.29, 1.82) is 5.26 Å². The lowest BCUT2D eigenvalue weighted by Gasteiger charge is -2.52. The number of hydrogen-bond acceptors (Lipinski definition) is 9. The van der Waals surface area contributed by atoms with Crippen molar-refractivity contribution >= 4 is 16.9 Å². The fourth-order valence-electron chi connectivity index (χ4n) is 6.52. The summed E-state index contributed by atoms with van der Waals surface area (Å²) in [4.78, 5) is 19.9. The van der Waals surface area contributed by atoms with E-state index in [9.17, 15) is 18.4 Å². The van der Waals surface area contributed by atoms with Gasteiger partial charge in [-0.25, -0.2) is 15.0 Å². The maximum Gasteiger partial charge on any atom is 0.433 e. The molecule has 4 aromatic heterocycles. The Morgan fingerprint density at radius 3 is 2.75 bits per heavy atom. The molecule has 44 heavy (non-hydrogen) atoms. The van der Waals surface area contributed by atoms with Gasteiger partial charge >= 0.3 is 6.18 Å². The summed E-state index contributed by atoms with van der Waals surface area (Å²) in [5, 5.41) is 27.7. The van der Waals surface area contributed by atoms with Crippen molar-refractivity contribution in [3.63, 3.8) is 0 Å². The molecule has 0 bridgehead atoms. The maximum absolute atomic E-state index is 13.6. The van der Waals surface area contributed by atoms with Gasteiger partial charge in [-0.3, -0.25) is 9.58 Å². The summed E-state index contributed by atoms with van der Waals surface area (Å²) in [5.41, 5.74) is 1.60. The number of hydrogen-bond donors (Lipinski definition) is 3. The van der Waals surface area contributed by atoms with Crippen molar-refractivity contribution in [2.24, 2.45) is 0 Å². The Morgan fingerprint density at radius 2 is 2.02 bits per heavy atom. The Balaban J connectivity index is 1.08. The minimum Gasteiger partial charge on any atom is -0.395 e. The molecule has 232 valence electrons. The van der Waals surface area contributed by atoms with Crippen LogP contribution in [-0.4, -0.2) is 90.0 Å². The number of nitrogens with one attached hydrogen (secondary N) is 2. The number of nitrogens with zero attached hydrogens (tertiary/aromatic N) is 8. The number of piperidine rings is 1. The summed E-state index contributed by atoms with van der Waals surface area (Å²) in [7, 11) is 1.75. The predicted molar refractivity (Wildman–Crippen MR) is 157 cm³/mol. The highest BCUT2D eigenvalue weighted by Crippen LogP contribution is 2.45. The van der Waals surface area contributed by atoms with Crippen molar-refractivity contribution in [3.8, 4) is 17.3 Å². The monoisotopic (exact) mass is 608 g/mol. The van der Waals surface area contributed by atoms with E-state index in [2.05, 4.69) is 41.3 Å². The van der Waals surface area contributed by atoms with Gasteiger partial charge in [-0.15, -0.1) is 0 Å². The average Bonchev–Trinajstić information content (AvgIpc) is 3.65. The average molecular weight is 609 g/mol. The van der Waals surface area contributed by atoms with Crippen molar-refractivity contribution in [1.82, 2.24) is 39.5 Å². The maximum atomic E-state index is 13.6. The third-order valence-corrected chi connectivity index (χ3v) is 8.84. The summed E-state index contributed by atoms with van der Waals surface area (Å²) >= 11 is 0. The number of aliphatic hydroxyl groups is 1. The molecule has 6 rings (SSSR count). The molecule has 2 aliphatic rings. The van der Waals surface area contributed by atoms with Crippen LogP contribution in [0.25, 0.3) is 22.3 Å². The van der Waals surface area contributed by atoms with Crippen LogP contribution in [0.2, 0.25) is 0 Å². The molecule has 4 aromatic rings. The van der Waals surface area contributed by atoms with E-state index in [1.54, 1.807) is 24.2 Å². The largest absolute Gasteiger partial charge is 0.433 e. The third kappa shape index (κ3) is 6.12. The first-order valence-electron chi connectivity index (χ1n) is 14.8. The van der Waals surface area contributed by atoms with E-state index in [-0.39, 0.29) is 25.0 Å². The van der Waals surface area contributed by atoms with Crippen LogP contribution in [0, 0.1) is 11.3 Å². The minimum atomic E-state index is -4.55. The lowest BCUT2D eigenvalue weighted by atomic mass is 9.69. The van der Waals surface area contributed by atoms with E-state index in [0.29, 0.717) is 24.6 Å². The molecule has 0 atom stereocenters. The Labute approximate surface area is 252 Å². The van der Waals surface area contributed by atoms with Gasteiger partial charge in [-0.2, -0.15) is 23.5 Å². The quantitative estimate of drug-likeness (QED) is 0.244. The number of fused-ring (bicyclic) bond motifs is 1. The molecular formula is C30H35F3N10O. The molecule has 1 saturated heterocycles. The fraction of sp³-hybridized carbons (Fsp3) is 0.500. The van der Waals surface area contributed by atoms with E-state index in [1.807, 2.05) is 23.1 Å². The Morgan fingerprint density at radius 1 is 1.23 bits per heavy atom. The molecule has 2 fully saturated rings. The topological polar surface area (TPSA) is 135 Å². The zero-order chi connectivity index (χ0) is 30.9. The number of aromatic nitrogens is 6. The first-order chi connectivity index (χ1) is 21.2. The second-order valence-corrected chi connectivity index (χ2v) is 11.9. The Bertz CT molecular complexity index is 1630. The number of likely N-dealkylation sites (N-methyl/N-ethyl adjacent to an activating group) is 1. The molecule has 0 radical (unpaired) electrons. The highest BCUT2D eigenvalue weighted by Gasteiger charge is 2.49. The molecule has 1 aliphatic heterocycles. The fourth-order valence-corrected chi connectivity index (χ4v) is 6.52. The molecule has 5 heterocycles. The van der Waals surface area contributed by atoms with Gasteiger partial charge in [0, 0.05) is 61.6 Å². The molecule has 1 aliphatic carbocycles. The van der Waals surface area contributed by atoms with Crippen molar-refractivity contribution in [2.45, 2.75) is 62.4 Å². The zero-order valence-electron chi connectivity index (χ0n) is 24.4. The molecule has 3 N–H and O–H groups in total. The van der Waals surface area contributed by atoms with Gasteiger partial charge in [0.2, 0.25) is 0 Å². The number of aliphatic hydroxyl groups excluding tert-OH is 1. The molecule has 14 heteroatoms. The smallest absolute Gasteiger partial charge is 0.395 e. The van der Waals surface area contributed by atoms with E-state index in [4.69, 9.17) is 5.11 Å². The van der Waals surface area contributed by atoms with Crippen LogP contribution < -0.4 is 5.32 Å². The first kappa shape index (κ1) is 30.0. The number of aromatic amines is 1. The van der Waals surface area contributed by atoms with Gasteiger partial charge in [0.1, 0.15) is 23.5 Å². The molecule has 0 spiro atoms. The highest BCUT2D eigenvalue weighted by atomic mass is 19.4. The summed E-state index contributed by atoms with van der Waals surface area (Å²) < 4.78 is 42.7. The SMILES string of the molecule is CN(CCO)Cc1cc(NC2CCN(C3CC(CC#N)(n4cc(-c5ncnc6[nH]ccc56)cn4)C3)CC2)nc(C(F)(F)F)c1. The van der Waals surface area contributed by atoms with Crippen LogP contribution >= 0.6 is 0 Å². The summed E-state index contributed by atoms with van der Waals surface area (Å²) in [6.45, 7) is 2.17. The number of H-pyrrole nitrogens is 1. The number of pyridine rings is 1. The first-order valence-corrected chi connectivity index (χ1v) is 14.8. The van der Waals surface area contributed by atoms with Crippen LogP contribution in [0.4, 0.5) is 19.0 Å². The van der Waals surface area contributed by atoms with E-state index >= 15 is 0 Å². The minimum absolute atomic E-state index is 0.000927. The summed E-state index contributed by atoms with van der Waals surface area (Å²) in [5.74, 6) is 0.220. The number of rotatable bonds is 10. The van der Waals surface area contributed by atoms with Crippen LogP contribution in [0.5, 0.6) is 0 Å². The molecule has 0 aromatic carbocycles. The van der Waals surface area contributed by atoms with E-state index in [0.717, 1.165) is 67.1 Å². The molecule has 11 nitrogen and oxygen atoms in total. The molecule has 1 saturated carbocycles. The van der Waals surface area contributed by atoms with Gasteiger partial charge in [-0.05, 0) is 56.5 Å². The van der Waals surface area contributed by atoms with Crippen LogP contribution in [-0.2, 0) is 18.3 Å². The number of halogens is 3. The van der Waals surface area contributed by atoms with Crippen molar-refractivity contribution < 1.29 is 18.3 Å². The van der Waals surface area contributed by atoms with Crippen LogP contribution in [0.1, 0.15) is 43.4 Å². The van der Waals surface area contributed by atoms with Gasteiger partial charge in [0.15, 0.2) is 0 Å². The second-order valence-electron chi connectivity index (χ2n) is 11.9. The van der Waals surface area contributed by atoms with Crippen molar-refractivity contribution in [2.75, 3.05) is 38.6 Å². The second kappa shape index (κ2) is 12.1.